The van der Waals surface area contributed by atoms with Crippen molar-refractivity contribution in [2.24, 2.45) is 5.92 Å². The van der Waals surface area contributed by atoms with Crippen LogP contribution in [0.15, 0.2) is 60.7 Å². The maximum Gasteiger partial charge on any atom is 0.203 e. The second kappa shape index (κ2) is 16.8. The highest BCUT2D eigenvalue weighted by molar-refractivity contribution is 5.96. The van der Waals surface area contributed by atoms with E-state index in [2.05, 4.69) is 40.1 Å². The van der Waals surface area contributed by atoms with Gasteiger partial charge in [0.2, 0.25) is 5.75 Å². The first-order valence-electron chi connectivity index (χ1n) is 14.6. The summed E-state index contributed by atoms with van der Waals surface area (Å²) in [5, 5.41) is 0. The molecular formula is C34H44Cl2N2O5. The molecule has 0 aromatic heterocycles. The van der Waals surface area contributed by atoms with Gasteiger partial charge in [-0.25, -0.2) is 0 Å². The van der Waals surface area contributed by atoms with E-state index in [4.69, 9.17) is 18.9 Å². The molecule has 3 aromatic carbocycles. The molecule has 5 rings (SSSR count). The second-order valence-electron chi connectivity index (χ2n) is 11.1. The zero-order valence-electron chi connectivity index (χ0n) is 25.4. The summed E-state index contributed by atoms with van der Waals surface area (Å²) >= 11 is 0. The molecule has 43 heavy (non-hydrogen) atoms. The predicted octanol–water partition coefficient (Wildman–Crippen LogP) is 6.83. The number of rotatable bonds is 11. The van der Waals surface area contributed by atoms with E-state index in [1.165, 1.54) is 5.56 Å². The van der Waals surface area contributed by atoms with Gasteiger partial charge >= 0.3 is 0 Å². The second-order valence-corrected chi connectivity index (χ2v) is 11.1. The lowest BCUT2D eigenvalue weighted by molar-refractivity contribution is 0.0961. The number of hydrogen-bond acceptors (Lipinski definition) is 7. The van der Waals surface area contributed by atoms with Gasteiger partial charge in [0.05, 0.1) is 21.3 Å². The number of ether oxygens (including phenoxy) is 4. The van der Waals surface area contributed by atoms with Crippen LogP contribution in [0.4, 0.5) is 0 Å². The Morgan fingerprint density at radius 1 is 0.814 bits per heavy atom. The molecule has 2 aliphatic rings. The largest absolute Gasteiger partial charge is 0.493 e. The molecule has 0 bridgehead atoms. The van der Waals surface area contributed by atoms with Crippen molar-refractivity contribution in [3.05, 3.63) is 82.9 Å². The van der Waals surface area contributed by atoms with Crippen LogP contribution >= 0.6 is 24.8 Å². The summed E-state index contributed by atoms with van der Waals surface area (Å²) < 4.78 is 22.5. The van der Waals surface area contributed by atoms with Gasteiger partial charge in [-0.2, -0.15) is 0 Å². The van der Waals surface area contributed by atoms with Gasteiger partial charge in [0, 0.05) is 43.7 Å². The molecule has 0 atom stereocenters. The molecule has 0 unspecified atom stereocenters. The van der Waals surface area contributed by atoms with Crippen molar-refractivity contribution in [3.63, 3.8) is 0 Å². The minimum absolute atomic E-state index is 0. The molecule has 3 aromatic rings. The van der Waals surface area contributed by atoms with Gasteiger partial charge in [0.15, 0.2) is 17.3 Å². The Kier molecular flexibility index (Phi) is 13.5. The number of hydrogen-bond donors (Lipinski definition) is 0. The molecule has 0 aliphatic carbocycles. The number of carbonyl (C=O) groups excluding carboxylic acids is 1. The average Bonchev–Trinajstić information content (AvgIpc) is 3.21. The monoisotopic (exact) mass is 630 g/mol. The highest BCUT2D eigenvalue weighted by Gasteiger charge is 2.23. The summed E-state index contributed by atoms with van der Waals surface area (Å²) in [5.74, 6) is 3.68. The maximum atomic E-state index is 13.2. The fourth-order valence-electron chi connectivity index (χ4n) is 6.00. The Hall–Kier alpha value is -2.97. The molecule has 2 heterocycles. The first-order valence-corrected chi connectivity index (χ1v) is 14.6. The zero-order chi connectivity index (χ0) is 28.6. The Morgan fingerprint density at radius 2 is 1.49 bits per heavy atom. The highest BCUT2D eigenvalue weighted by atomic mass is 35.5. The minimum Gasteiger partial charge on any atom is -0.493 e. The summed E-state index contributed by atoms with van der Waals surface area (Å²) in [5.41, 5.74) is 4.33. The third-order valence-corrected chi connectivity index (χ3v) is 8.31. The highest BCUT2D eigenvalue weighted by Crippen LogP contribution is 2.39. The Morgan fingerprint density at radius 3 is 2.14 bits per heavy atom. The molecule has 7 nitrogen and oxygen atoms in total. The Bertz CT molecular complexity index is 1290. The quantitative estimate of drug-likeness (QED) is 0.215. The number of carbonyl (C=O) groups is 1. The van der Waals surface area contributed by atoms with Crippen molar-refractivity contribution >= 4 is 30.6 Å². The minimum atomic E-state index is 0. The summed E-state index contributed by atoms with van der Waals surface area (Å²) in [7, 11) is 4.92. The molecule has 234 valence electrons. The summed E-state index contributed by atoms with van der Waals surface area (Å²) in [6, 6.07) is 20.5. The van der Waals surface area contributed by atoms with E-state index >= 15 is 0 Å². The van der Waals surface area contributed by atoms with Crippen LogP contribution < -0.4 is 18.9 Å². The molecule has 0 amide bonds. The molecule has 0 saturated carbocycles. The van der Waals surface area contributed by atoms with Gasteiger partial charge in [-0.3, -0.25) is 14.6 Å². The number of nitrogens with zero attached hydrogens (tertiary/aromatic N) is 2. The smallest absolute Gasteiger partial charge is 0.203 e. The SMILES string of the molecule is COc1cc(CN2CCC(CCC(=O)c3ccc4c(c3)CN(Cc3ccccc3)CCO4)CC2)cc(OC)c1OC.Cl.Cl. The zero-order valence-corrected chi connectivity index (χ0v) is 27.0. The summed E-state index contributed by atoms with van der Waals surface area (Å²) in [6.45, 7) is 6.05. The van der Waals surface area contributed by atoms with Gasteiger partial charge in [-0.05, 0) is 79.7 Å². The van der Waals surface area contributed by atoms with Crippen molar-refractivity contribution in [1.29, 1.82) is 0 Å². The van der Waals surface area contributed by atoms with Crippen molar-refractivity contribution in [2.45, 2.75) is 45.3 Å². The van der Waals surface area contributed by atoms with Crippen LogP contribution in [-0.4, -0.2) is 63.2 Å². The molecule has 2 aliphatic heterocycles. The van der Waals surface area contributed by atoms with E-state index in [1.807, 2.05) is 30.3 Å². The fourth-order valence-corrected chi connectivity index (χ4v) is 6.00. The van der Waals surface area contributed by atoms with E-state index in [0.29, 0.717) is 36.2 Å². The standard InChI is InChI=1S/C34H42N2O5.2ClH/c1-38-32-19-27(20-33(39-2)34(32)40-3)23-35-15-13-25(14-16-35)9-11-30(37)28-10-12-31-29(21-28)24-36(17-18-41-31)22-26-7-5-4-6-8-26;;/h4-8,10,12,19-21,25H,9,11,13-18,22-24H2,1-3H3;2*1H. The van der Waals surface area contributed by atoms with Crippen LogP contribution in [0.25, 0.3) is 0 Å². The summed E-state index contributed by atoms with van der Waals surface area (Å²) in [6.07, 6.45) is 3.73. The van der Waals surface area contributed by atoms with Crippen LogP contribution in [0.1, 0.15) is 52.7 Å². The van der Waals surface area contributed by atoms with Gasteiger partial charge in [0.25, 0.3) is 0 Å². The Labute approximate surface area is 268 Å². The van der Waals surface area contributed by atoms with Crippen LogP contribution in [0, 0.1) is 5.92 Å². The number of Topliss-reactive ketones (excluding diaryl/α,β-unsaturated/α-hetero) is 1. The number of piperidine rings is 1. The number of methoxy groups -OCH3 is 3. The lowest BCUT2D eigenvalue weighted by Crippen LogP contribution is -2.33. The molecule has 1 fully saturated rings. The summed E-state index contributed by atoms with van der Waals surface area (Å²) in [4.78, 5) is 18.1. The van der Waals surface area contributed by atoms with Crippen molar-refractivity contribution in [2.75, 3.05) is 47.6 Å². The number of benzene rings is 3. The normalized spacial score (nSPS) is 15.6. The molecule has 1 saturated heterocycles. The topological polar surface area (TPSA) is 60.5 Å². The van der Waals surface area contributed by atoms with Crippen LogP contribution in [0.2, 0.25) is 0 Å². The van der Waals surface area contributed by atoms with E-state index in [-0.39, 0.29) is 30.6 Å². The molecule has 0 spiro atoms. The van der Waals surface area contributed by atoms with Gasteiger partial charge in [0.1, 0.15) is 12.4 Å². The first-order chi connectivity index (χ1) is 20.1. The number of ketones is 1. The van der Waals surface area contributed by atoms with Gasteiger partial charge in [-0.15, -0.1) is 24.8 Å². The fraction of sp³-hybridized carbons (Fsp3) is 0.441. The van der Waals surface area contributed by atoms with Crippen molar-refractivity contribution in [1.82, 2.24) is 9.80 Å². The van der Waals surface area contributed by atoms with Crippen LogP contribution in [-0.2, 0) is 19.6 Å². The molecular weight excluding hydrogens is 587 g/mol. The Balaban J connectivity index is 0.00000253. The van der Waals surface area contributed by atoms with E-state index < -0.39 is 0 Å². The van der Waals surface area contributed by atoms with Crippen LogP contribution in [0.3, 0.4) is 0 Å². The maximum absolute atomic E-state index is 13.2. The van der Waals surface area contributed by atoms with Crippen molar-refractivity contribution in [3.8, 4) is 23.0 Å². The molecule has 9 heteroatoms. The third kappa shape index (κ3) is 9.02. The van der Waals surface area contributed by atoms with Crippen LogP contribution in [0.5, 0.6) is 23.0 Å². The van der Waals surface area contributed by atoms with E-state index in [0.717, 1.165) is 81.0 Å². The lowest BCUT2D eigenvalue weighted by Gasteiger charge is -2.32. The van der Waals surface area contributed by atoms with Gasteiger partial charge in [-0.1, -0.05) is 30.3 Å². The predicted molar refractivity (Wildman–Crippen MR) is 175 cm³/mol. The number of halogens is 2. The first kappa shape index (κ1) is 34.5. The number of likely N-dealkylation sites (tertiary alicyclic amines) is 1. The third-order valence-electron chi connectivity index (χ3n) is 8.31. The molecule has 0 radical (unpaired) electrons. The van der Waals surface area contributed by atoms with Gasteiger partial charge < -0.3 is 18.9 Å². The van der Waals surface area contributed by atoms with E-state index in [9.17, 15) is 4.79 Å². The van der Waals surface area contributed by atoms with Crippen molar-refractivity contribution < 1.29 is 23.7 Å². The average molecular weight is 632 g/mol. The van der Waals surface area contributed by atoms with E-state index in [1.54, 1.807) is 21.3 Å². The molecule has 0 N–H and O–H groups in total. The number of fused-ring (bicyclic) bond motifs is 1. The lowest BCUT2D eigenvalue weighted by atomic mass is 9.90.